The van der Waals surface area contributed by atoms with Crippen LogP contribution in [0, 0.1) is 11.8 Å². The van der Waals surface area contributed by atoms with Crippen LogP contribution in [0.2, 0.25) is 0 Å². The zero-order valence-electron chi connectivity index (χ0n) is 14.2. The summed E-state index contributed by atoms with van der Waals surface area (Å²) in [4.78, 5) is 11.5. The number of aliphatic hydroxyl groups is 1. The summed E-state index contributed by atoms with van der Waals surface area (Å²) >= 11 is 0. The van der Waals surface area contributed by atoms with E-state index in [1.54, 1.807) is 0 Å². The maximum absolute atomic E-state index is 11.5. The van der Waals surface area contributed by atoms with Gasteiger partial charge in [0.2, 0.25) is 0 Å². The molecule has 1 N–H and O–H groups in total. The van der Waals surface area contributed by atoms with E-state index in [4.69, 9.17) is 9.47 Å². The van der Waals surface area contributed by atoms with Gasteiger partial charge in [-0.05, 0) is 51.5 Å². The second-order valence-electron chi connectivity index (χ2n) is 6.71. The molecular formula is C17H30O4. The topological polar surface area (TPSA) is 55.8 Å². The van der Waals surface area contributed by atoms with Gasteiger partial charge < -0.3 is 14.6 Å². The van der Waals surface area contributed by atoms with Crippen molar-refractivity contribution in [2.24, 2.45) is 11.8 Å². The van der Waals surface area contributed by atoms with Crippen molar-refractivity contribution in [3.63, 3.8) is 0 Å². The lowest BCUT2D eigenvalue weighted by molar-refractivity contribution is -0.149. The van der Waals surface area contributed by atoms with Crippen molar-refractivity contribution in [2.75, 3.05) is 7.11 Å². The van der Waals surface area contributed by atoms with E-state index in [9.17, 15) is 9.90 Å². The van der Waals surface area contributed by atoms with Gasteiger partial charge in [-0.2, -0.15) is 0 Å². The molecule has 1 aliphatic heterocycles. The molecular weight excluding hydrogens is 268 g/mol. The Hall–Kier alpha value is -0.870. The zero-order chi connectivity index (χ0) is 16.2. The van der Waals surface area contributed by atoms with Crippen LogP contribution in [0.25, 0.3) is 0 Å². The van der Waals surface area contributed by atoms with E-state index in [0.717, 1.165) is 19.3 Å². The van der Waals surface area contributed by atoms with Crippen LogP contribution in [0.1, 0.15) is 53.9 Å². The summed E-state index contributed by atoms with van der Waals surface area (Å²) < 4.78 is 10.7. The second kappa shape index (κ2) is 7.41. The van der Waals surface area contributed by atoms with E-state index in [1.165, 1.54) is 12.7 Å². The number of hydrogen-bond acceptors (Lipinski definition) is 4. The lowest BCUT2D eigenvalue weighted by atomic mass is 9.86. The highest BCUT2D eigenvalue weighted by Crippen LogP contribution is 2.32. The van der Waals surface area contributed by atoms with Crippen LogP contribution in [0.3, 0.4) is 0 Å². The molecule has 1 aliphatic rings. The molecule has 1 heterocycles. The van der Waals surface area contributed by atoms with Crippen LogP contribution in [-0.2, 0) is 14.3 Å². The standard InChI is InChI=1S/C17H30O4/c1-11(10-13(3)16(18)20-6)9-12(2)15-7-8-17(5,19)14(4)21-15/h9,11,13-15,19H,7-8,10H2,1-6H3/b12-9+/t11?,13?,14-,15+,17-/m1/s1. The fourth-order valence-corrected chi connectivity index (χ4v) is 2.90. The Morgan fingerprint density at radius 3 is 2.67 bits per heavy atom. The summed E-state index contributed by atoms with van der Waals surface area (Å²) in [5, 5.41) is 10.1. The van der Waals surface area contributed by atoms with Crippen LogP contribution in [0.4, 0.5) is 0 Å². The van der Waals surface area contributed by atoms with Crippen LogP contribution in [0.15, 0.2) is 11.6 Å². The largest absolute Gasteiger partial charge is 0.469 e. The Bertz CT molecular complexity index is 386. The number of rotatable bonds is 5. The van der Waals surface area contributed by atoms with Gasteiger partial charge in [-0.1, -0.05) is 19.9 Å². The van der Waals surface area contributed by atoms with Gasteiger partial charge in [-0.15, -0.1) is 0 Å². The van der Waals surface area contributed by atoms with Crippen molar-refractivity contribution in [3.05, 3.63) is 11.6 Å². The number of methoxy groups -OCH3 is 1. The van der Waals surface area contributed by atoms with Crippen LogP contribution in [-0.4, -0.2) is 36.0 Å². The summed E-state index contributed by atoms with van der Waals surface area (Å²) in [7, 11) is 1.42. The summed E-state index contributed by atoms with van der Waals surface area (Å²) in [6, 6.07) is 0. The lowest BCUT2D eigenvalue weighted by Crippen LogP contribution is -2.46. The highest BCUT2D eigenvalue weighted by Gasteiger charge is 2.36. The van der Waals surface area contributed by atoms with Gasteiger partial charge in [0.15, 0.2) is 0 Å². The maximum Gasteiger partial charge on any atom is 0.308 e. The van der Waals surface area contributed by atoms with Gasteiger partial charge in [0, 0.05) is 0 Å². The van der Waals surface area contributed by atoms with Crippen LogP contribution >= 0.6 is 0 Å². The first-order chi connectivity index (χ1) is 9.67. The molecule has 1 fully saturated rings. The first-order valence-corrected chi connectivity index (χ1v) is 7.81. The minimum absolute atomic E-state index is 0.0658. The molecule has 0 radical (unpaired) electrons. The van der Waals surface area contributed by atoms with Gasteiger partial charge in [0.1, 0.15) is 0 Å². The average molecular weight is 298 g/mol. The van der Waals surface area contributed by atoms with E-state index in [0.29, 0.717) is 5.92 Å². The summed E-state index contributed by atoms with van der Waals surface area (Å²) in [6.07, 6.45) is 4.43. The quantitative estimate of drug-likeness (QED) is 0.626. The predicted molar refractivity (Wildman–Crippen MR) is 82.9 cm³/mol. The normalized spacial score (nSPS) is 33.4. The lowest BCUT2D eigenvalue weighted by Gasteiger charge is -2.39. The number of carbonyl (C=O) groups excluding carboxylic acids is 1. The van der Waals surface area contributed by atoms with E-state index in [-0.39, 0.29) is 24.1 Å². The molecule has 5 atom stereocenters. The van der Waals surface area contributed by atoms with E-state index in [2.05, 4.69) is 19.9 Å². The number of ether oxygens (including phenoxy) is 2. The van der Waals surface area contributed by atoms with Crippen molar-refractivity contribution < 1.29 is 19.4 Å². The van der Waals surface area contributed by atoms with Crippen LogP contribution in [0.5, 0.6) is 0 Å². The molecule has 0 saturated carbocycles. The fourth-order valence-electron chi connectivity index (χ4n) is 2.90. The van der Waals surface area contributed by atoms with Crippen molar-refractivity contribution in [3.8, 4) is 0 Å². The van der Waals surface area contributed by atoms with Gasteiger partial charge in [-0.25, -0.2) is 0 Å². The Morgan fingerprint density at radius 2 is 2.14 bits per heavy atom. The Balaban J connectivity index is 2.58. The monoisotopic (exact) mass is 298 g/mol. The molecule has 0 aromatic rings. The first kappa shape index (κ1) is 18.2. The predicted octanol–water partition coefficient (Wildman–Crippen LogP) is 3.09. The van der Waals surface area contributed by atoms with Crippen LogP contribution < -0.4 is 0 Å². The summed E-state index contributed by atoms with van der Waals surface area (Å²) in [5.74, 6) is 0.0351. The van der Waals surface area contributed by atoms with E-state index >= 15 is 0 Å². The first-order valence-electron chi connectivity index (χ1n) is 7.81. The maximum atomic E-state index is 11.5. The van der Waals surface area contributed by atoms with Gasteiger partial charge in [0.05, 0.1) is 30.8 Å². The smallest absolute Gasteiger partial charge is 0.308 e. The molecule has 4 heteroatoms. The van der Waals surface area contributed by atoms with Crippen molar-refractivity contribution in [1.29, 1.82) is 0 Å². The summed E-state index contributed by atoms with van der Waals surface area (Å²) in [5.41, 5.74) is 0.448. The molecule has 0 aromatic carbocycles. The highest BCUT2D eigenvalue weighted by atomic mass is 16.5. The van der Waals surface area contributed by atoms with Gasteiger partial charge in [-0.3, -0.25) is 4.79 Å². The van der Waals surface area contributed by atoms with E-state index in [1.807, 2.05) is 20.8 Å². The van der Waals surface area contributed by atoms with Crippen molar-refractivity contribution in [2.45, 2.75) is 71.7 Å². The Labute approximate surface area is 128 Å². The van der Waals surface area contributed by atoms with Crippen molar-refractivity contribution in [1.82, 2.24) is 0 Å². The SMILES string of the molecule is COC(=O)C(C)CC(C)/C=C(\C)[C@@H]1CC[C@@](C)(O)[C@@H](C)O1. The average Bonchev–Trinajstić information content (AvgIpc) is 2.40. The molecule has 0 aromatic heterocycles. The molecule has 0 amide bonds. The minimum atomic E-state index is -0.734. The highest BCUT2D eigenvalue weighted by molar-refractivity contribution is 5.71. The van der Waals surface area contributed by atoms with Crippen molar-refractivity contribution >= 4 is 5.97 Å². The molecule has 2 unspecified atom stereocenters. The molecule has 122 valence electrons. The molecule has 0 spiro atoms. The number of esters is 1. The molecule has 1 rings (SSSR count). The fraction of sp³-hybridized carbons (Fsp3) is 0.824. The summed E-state index contributed by atoms with van der Waals surface area (Å²) in [6.45, 7) is 9.81. The Morgan fingerprint density at radius 1 is 1.52 bits per heavy atom. The second-order valence-corrected chi connectivity index (χ2v) is 6.71. The number of carbonyl (C=O) groups is 1. The van der Waals surface area contributed by atoms with E-state index < -0.39 is 5.60 Å². The zero-order valence-corrected chi connectivity index (χ0v) is 14.2. The van der Waals surface area contributed by atoms with Gasteiger partial charge >= 0.3 is 5.97 Å². The third kappa shape index (κ3) is 5.11. The number of allylic oxidation sites excluding steroid dienone is 1. The molecule has 0 bridgehead atoms. The molecule has 1 saturated heterocycles. The molecule has 4 nitrogen and oxygen atoms in total. The number of hydrogen-bond donors (Lipinski definition) is 1. The third-order valence-electron chi connectivity index (χ3n) is 4.54. The van der Waals surface area contributed by atoms with Gasteiger partial charge in [0.25, 0.3) is 0 Å². The Kier molecular flexibility index (Phi) is 6.41. The third-order valence-corrected chi connectivity index (χ3v) is 4.54. The minimum Gasteiger partial charge on any atom is -0.469 e. The molecule has 21 heavy (non-hydrogen) atoms. The molecule has 0 aliphatic carbocycles.